The summed E-state index contributed by atoms with van der Waals surface area (Å²) in [4.78, 5) is 24.8. The number of amides is 1. The first-order chi connectivity index (χ1) is 14.9. The highest BCUT2D eigenvalue weighted by molar-refractivity contribution is 5.92. The number of nitrogen functional groups attached to an aromatic ring is 1. The number of aromatic nitrogens is 6. The summed E-state index contributed by atoms with van der Waals surface area (Å²) in [5, 5.41) is 28.5. The molecule has 2 aliphatic rings. The number of carbonyl (C=O) groups is 1. The Morgan fingerprint density at radius 2 is 2.10 bits per heavy atom. The number of aryl methyl sites for hydroxylation is 1. The van der Waals surface area contributed by atoms with Gasteiger partial charge in [0.25, 0.3) is 5.91 Å². The molecule has 5 N–H and O–H groups in total. The molecule has 0 bridgehead atoms. The lowest BCUT2D eigenvalue weighted by Crippen LogP contribution is -2.54. The third-order valence-corrected chi connectivity index (χ3v) is 5.94. The second-order valence-corrected chi connectivity index (χ2v) is 8.07. The van der Waals surface area contributed by atoms with Crippen molar-refractivity contribution in [2.24, 2.45) is 7.05 Å². The summed E-state index contributed by atoms with van der Waals surface area (Å²) in [5.41, 5.74) is 8.06. The molecule has 1 aliphatic heterocycles. The predicted octanol–water partition coefficient (Wildman–Crippen LogP) is -0.889. The van der Waals surface area contributed by atoms with Gasteiger partial charge in [0.05, 0.1) is 24.7 Å². The lowest BCUT2D eigenvalue weighted by atomic mass is 9.97. The quantitative estimate of drug-likeness (QED) is 0.403. The van der Waals surface area contributed by atoms with E-state index in [4.69, 9.17) is 10.5 Å². The van der Waals surface area contributed by atoms with Crippen molar-refractivity contribution in [1.82, 2.24) is 34.6 Å². The Morgan fingerprint density at radius 1 is 1.29 bits per heavy atom. The molecule has 0 unspecified atom stereocenters. The molecule has 12 nitrogen and oxygen atoms in total. The number of aliphatic hydroxyl groups excluding tert-OH is 2. The Kier molecular flexibility index (Phi) is 4.84. The van der Waals surface area contributed by atoms with Gasteiger partial charge in [-0.2, -0.15) is 5.10 Å². The maximum atomic E-state index is 12.6. The van der Waals surface area contributed by atoms with Crippen molar-refractivity contribution in [1.29, 1.82) is 0 Å². The molecule has 12 heteroatoms. The van der Waals surface area contributed by atoms with Gasteiger partial charge in [-0.25, -0.2) is 15.0 Å². The second kappa shape index (κ2) is 7.55. The van der Waals surface area contributed by atoms with Gasteiger partial charge < -0.3 is 30.6 Å². The molecule has 1 aliphatic carbocycles. The van der Waals surface area contributed by atoms with E-state index in [-0.39, 0.29) is 24.9 Å². The molecule has 0 spiro atoms. The number of fused-ring (bicyclic) bond motifs is 1. The van der Waals surface area contributed by atoms with Gasteiger partial charge in [0, 0.05) is 19.5 Å². The van der Waals surface area contributed by atoms with Crippen molar-refractivity contribution >= 4 is 22.9 Å². The first-order valence-corrected chi connectivity index (χ1v) is 10.2. The van der Waals surface area contributed by atoms with E-state index in [9.17, 15) is 15.0 Å². The van der Waals surface area contributed by atoms with Gasteiger partial charge in [-0.05, 0) is 18.9 Å². The van der Waals surface area contributed by atoms with Gasteiger partial charge in [-0.1, -0.05) is 0 Å². The van der Waals surface area contributed by atoms with Gasteiger partial charge in [0.1, 0.15) is 35.8 Å². The number of anilines is 1. The van der Waals surface area contributed by atoms with Crippen LogP contribution in [0.15, 0.2) is 18.7 Å². The van der Waals surface area contributed by atoms with E-state index in [0.717, 1.165) is 18.5 Å². The fourth-order valence-electron chi connectivity index (χ4n) is 3.97. The van der Waals surface area contributed by atoms with Crippen molar-refractivity contribution < 1.29 is 19.7 Å². The number of carbonyl (C=O) groups excluding carboxylic acids is 1. The molecule has 164 valence electrons. The number of nitrogens with zero attached hydrogens (tertiary/aromatic N) is 6. The topological polar surface area (TPSA) is 166 Å². The van der Waals surface area contributed by atoms with E-state index in [2.05, 4.69) is 25.4 Å². The zero-order chi connectivity index (χ0) is 21.7. The molecular formula is C19H24N8O4. The van der Waals surface area contributed by atoms with E-state index in [1.807, 2.05) is 0 Å². The molecule has 1 saturated heterocycles. The van der Waals surface area contributed by atoms with Crippen molar-refractivity contribution in [2.75, 3.05) is 18.9 Å². The number of nitrogens with one attached hydrogen (secondary N) is 1. The molecule has 4 atom stereocenters. The predicted molar refractivity (Wildman–Crippen MR) is 108 cm³/mol. The number of rotatable bonds is 5. The SMILES string of the molecule is Cn1nc(C2CC2)cc1C(=O)NC[C@H]1OC[C@@H](n2cnc3c(N)ncnc32)[C@H](O)[C@@H]1O. The first-order valence-electron chi connectivity index (χ1n) is 10.2. The highest BCUT2D eigenvalue weighted by Crippen LogP contribution is 2.39. The van der Waals surface area contributed by atoms with Crippen LogP contribution >= 0.6 is 0 Å². The molecule has 1 saturated carbocycles. The molecule has 4 heterocycles. The minimum atomic E-state index is -1.22. The van der Waals surface area contributed by atoms with Crippen LogP contribution in [0.4, 0.5) is 5.82 Å². The van der Waals surface area contributed by atoms with E-state index in [0.29, 0.717) is 22.8 Å². The lowest BCUT2D eigenvalue weighted by molar-refractivity contribution is -0.155. The Bertz CT molecular complexity index is 1120. The van der Waals surface area contributed by atoms with Crippen LogP contribution in [0.5, 0.6) is 0 Å². The van der Waals surface area contributed by atoms with Crippen LogP contribution in [0.2, 0.25) is 0 Å². The van der Waals surface area contributed by atoms with Crippen molar-refractivity contribution in [3.63, 3.8) is 0 Å². The Labute approximate surface area is 177 Å². The summed E-state index contributed by atoms with van der Waals surface area (Å²) in [5.74, 6) is 0.376. The minimum absolute atomic E-state index is 0.0491. The average Bonchev–Trinajstić information content (AvgIpc) is 3.40. The summed E-state index contributed by atoms with van der Waals surface area (Å²) < 4.78 is 8.95. The van der Waals surface area contributed by atoms with Crippen LogP contribution in [0.3, 0.4) is 0 Å². The standard InChI is InChI=1S/C19H24N8O4/c1-26-11(4-10(25-26)9-2-3-9)19(30)21-5-13-16(29)15(28)12(6-31-13)27-8-24-14-17(20)22-7-23-18(14)27/h4,7-9,12-13,15-16,28-29H,2-3,5-6H2,1H3,(H,21,30)(H2,20,22,23)/t12-,13-,15+,16-/m1/s1. The monoisotopic (exact) mass is 428 g/mol. The van der Waals surface area contributed by atoms with Crippen LogP contribution in [0.1, 0.15) is 41.0 Å². The van der Waals surface area contributed by atoms with Crippen molar-refractivity contribution in [3.8, 4) is 0 Å². The van der Waals surface area contributed by atoms with E-state index in [1.165, 1.54) is 12.7 Å². The number of nitrogens with two attached hydrogens (primary N) is 1. The van der Waals surface area contributed by atoms with Gasteiger partial charge in [0.2, 0.25) is 0 Å². The molecule has 31 heavy (non-hydrogen) atoms. The highest BCUT2D eigenvalue weighted by Gasteiger charge is 2.40. The maximum Gasteiger partial charge on any atom is 0.269 e. The van der Waals surface area contributed by atoms with Crippen LogP contribution in [-0.2, 0) is 11.8 Å². The summed E-state index contributed by atoms with van der Waals surface area (Å²) in [6, 6.07) is 1.19. The number of hydrogen-bond acceptors (Lipinski definition) is 9. The van der Waals surface area contributed by atoms with Gasteiger partial charge >= 0.3 is 0 Å². The van der Waals surface area contributed by atoms with Gasteiger partial charge in [-0.15, -0.1) is 0 Å². The minimum Gasteiger partial charge on any atom is -0.388 e. The average molecular weight is 428 g/mol. The number of imidazole rings is 1. The fourth-order valence-corrected chi connectivity index (χ4v) is 3.97. The Hall–Kier alpha value is -3.09. The molecular weight excluding hydrogens is 404 g/mol. The Balaban J connectivity index is 1.25. The first kappa shape index (κ1) is 19.8. The summed E-state index contributed by atoms with van der Waals surface area (Å²) in [6.07, 6.45) is 1.87. The smallest absolute Gasteiger partial charge is 0.269 e. The van der Waals surface area contributed by atoms with Crippen LogP contribution in [-0.4, -0.2) is 76.9 Å². The summed E-state index contributed by atoms with van der Waals surface area (Å²) in [6.45, 7) is 0.152. The largest absolute Gasteiger partial charge is 0.388 e. The number of hydrogen-bond donors (Lipinski definition) is 4. The molecule has 2 fully saturated rings. The zero-order valence-corrected chi connectivity index (χ0v) is 16.9. The molecule has 0 radical (unpaired) electrons. The number of aliphatic hydroxyl groups is 2. The molecule has 3 aromatic rings. The van der Waals surface area contributed by atoms with Crippen molar-refractivity contribution in [2.45, 2.75) is 43.1 Å². The lowest BCUT2D eigenvalue weighted by Gasteiger charge is -2.38. The summed E-state index contributed by atoms with van der Waals surface area (Å²) >= 11 is 0. The maximum absolute atomic E-state index is 12.6. The van der Waals surface area contributed by atoms with Gasteiger partial charge in [-0.3, -0.25) is 9.48 Å². The van der Waals surface area contributed by atoms with E-state index in [1.54, 1.807) is 22.4 Å². The second-order valence-electron chi connectivity index (χ2n) is 8.07. The summed E-state index contributed by atoms with van der Waals surface area (Å²) in [7, 11) is 1.73. The Morgan fingerprint density at radius 3 is 2.87 bits per heavy atom. The number of ether oxygens (including phenoxy) is 1. The zero-order valence-electron chi connectivity index (χ0n) is 16.9. The third-order valence-electron chi connectivity index (χ3n) is 5.94. The third kappa shape index (κ3) is 3.52. The molecule has 0 aromatic carbocycles. The van der Waals surface area contributed by atoms with Crippen LogP contribution in [0, 0.1) is 0 Å². The molecule has 1 amide bonds. The molecule has 3 aromatic heterocycles. The van der Waals surface area contributed by atoms with Gasteiger partial charge in [0.15, 0.2) is 11.5 Å². The van der Waals surface area contributed by atoms with Crippen LogP contribution in [0.25, 0.3) is 11.2 Å². The van der Waals surface area contributed by atoms with Crippen LogP contribution < -0.4 is 11.1 Å². The highest BCUT2D eigenvalue weighted by atomic mass is 16.5. The van der Waals surface area contributed by atoms with Crippen molar-refractivity contribution in [3.05, 3.63) is 30.1 Å². The van der Waals surface area contributed by atoms with E-state index < -0.39 is 24.4 Å². The normalized spacial score (nSPS) is 26.3. The fraction of sp³-hybridized carbons (Fsp3) is 0.526. The molecule has 5 rings (SSSR count). The van der Waals surface area contributed by atoms with E-state index >= 15 is 0 Å².